The number of carbonyl (C=O) groups is 3. The van der Waals surface area contributed by atoms with Crippen LogP contribution in [0.5, 0.6) is 5.75 Å². The topological polar surface area (TPSA) is 97.4 Å². The Morgan fingerprint density at radius 3 is 2.13 bits per heavy atom. The molecule has 1 aromatic rings. The van der Waals surface area contributed by atoms with E-state index < -0.39 is 26.7 Å². The molecule has 2 radical (unpaired) electrons. The molecule has 0 bridgehead atoms. The molecule has 10 heteroatoms. The van der Waals surface area contributed by atoms with Gasteiger partial charge in [-0.3, -0.25) is 14.4 Å². The van der Waals surface area contributed by atoms with E-state index in [1.165, 1.54) is 6.07 Å². The van der Waals surface area contributed by atoms with Crippen LogP contribution in [0.1, 0.15) is 26.3 Å². The van der Waals surface area contributed by atoms with Crippen LogP contribution in [0.3, 0.4) is 0 Å². The standard InChI is InChI=1S/C13H14O8Si2/c1-8(14)19-23(20-9(2)15,21-10(3)16)12-4-5-13-11(6-12)7-17-22-18-13/h4-6H,7H2,1-3H3. The second-order valence-corrected chi connectivity index (χ2v) is 7.60. The largest absolute Gasteiger partial charge is 0.742 e. The van der Waals surface area contributed by atoms with E-state index in [9.17, 15) is 14.4 Å². The molecule has 0 amide bonds. The monoisotopic (exact) mass is 354 g/mol. The first-order valence-electron chi connectivity index (χ1n) is 6.58. The van der Waals surface area contributed by atoms with Crippen LogP contribution in [0, 0.1) is 0 Å². The van der Waals surface area contributed by atoms with Crippen molar-refractivity contribution in [2.75, 3.05) is 0 Å². The average Bonchev–Trinajstić information content (AvgIpc) is 2.44. The molecule has 23 heavy (non-hydrogen) atoms. The zero-order valence-corrected chi connectivity index (χ0v) is 14.7. The van der Waals surface area contributed by atoms with Gasteiger partial charge in [-0.25, -0.2) is 0 Å². The smallest absolute Gasteiger partial charge is 0.517 e. The van der Waals surface area contributed by atoms with Crippen LogP contribution < -0.4 is 9.61 Å². The van der Waals surface area contributed by atoms with Gasteiger partial charge in [0, 0.05) is 26.3 Å². The molecule has 0 aliphatic carbocycles. The van der Waals surface area contributed by atoms with Crippen molar-refractivity contribution in [3.05, 3.63) is 23.8 Å². The molecule has 0 aromatic heterocycles. The number of hydrogen-bond donors (Lipinski definition) is 0. The number of hydrogen-bond acceptors (Lipinski definition) is 8. The van der Waals surface area contributed by atoms with Gasteiger partial charge in [-0.1, -0.05) is 0 Å². The van der Waals surface area contributed by atoms with Crippen molar-refractivity contribution in [3.63, 3.8) is 0 Å². The summed E-state index contributed by atoms with van der Waals surface area (Å²) in [6, 6.07) is 4.74. The molecule has 0 saturated heterocycles. The first-order valence-corrected chi connectivity index (χ1v) is 9.12. The number of carbonyl (C=O) groups excluding carboxylic acids is 3. The van der Waals surface area contributed by atoms with Crippen LogP contribution in [-0.4, -0.2) is 36.7 Å². The lowest BCUT2D eigenvalue weighted by molar-refractivity contribution is -0.146. The molecule has 8 nitrogen and oxygen atoms in total. The second kappa shape index (κ2) is 6.94. The summed E-state index contributed by atoms with van der Waals surface area (Å²) in [5, 5.41) is 0.286. The minimum Gasteiger partial charge on any atom is -0.517 e. The third kappa shape index (κ3) is 4.18. The minimum atomic E-state index is -4.08. The molecule has 1 aromatic carbocycles. The zero-order chi connectivity index (χ0) is 17.0. The van der Waals surface area contributed by atoms with Crippen molar-refractivity contribution in [1.82, 2.24) is 0 Å². The Labute approximate surface area is 136 Å². The SMILES string of the molecule is CC(=O)O[Si](OC(C)=O)(OC(C)=O)c1ccc2c(c1)CO[Si]O2. The summed E-state index contributed by atoms with van der Waals surface area (Å²) in [5.41, 5.74) is 0.671. The molecule has 0 unspecified atom stereocenters. The lowest BCUT2D eigenvalue weighted by atomic mass is 10.2. The molecule has 1 heterocycles. The first kappa shape index (κ1) is 17.2. The van der Waals surface area contributed by atoms with Crippen LogP contribution in [-0.2, 0) is 38.7 Å². The average molecular weight is 354 g/mol. The van der Waals surface area contributed by atoms with Gasteiger partial charge in [0.15, 0.2) is 0 Å². The van der Waals surface area contributed by atoms with Gasteiger partial charge in [0.25, 0.3) is 17.9 Å². The zero-order valence-electron chi connectivity index (χ0n) is 12.7. The highest BCUT2D eigenvalue weighted by Crippen LogP contribution is 2.23. The molecular formula is C13H14O8Si2. The van der Waals surface area contributed by atoms with Gasteiger partial charge in [-0.15, -0.1) is 0 Å². The predicted octanol–water partition coefficient (Wildman–Crippen LogP) is -0.0350. The molecule has 122 valence electrons. The molecule has 0 saturated carbocycles. The van der Waals surface area contributed by atoms with Gasteiger partial charge in [0.2, 0.25) is 0 Å². The molecule has 0 fully saturated rings. The number of fused-ring (bicyclic) bond motifs is 1. The van der Waals surface area contributed by atoms with Gasteiger partial charge in [0.1, 0.15) is 5.75 Å². The van der Waals surface area contributed by atoms with Crippen LogP contribution in [0.15, 0.2) is 18.2 Å². The van der Waals surface area contributed by atoms with Crippen LogP contribution in [0.25, 0.3) is 0 Å². The Morgan fingerprint density at radius 2 is 1.61 bits per heavy atom. The lowest BCUT2D eigenvalue weighted by Gasteiger charge is -2.27. The lowest BCUT2D eigenvalue weighted by Crippen LogP contribution is -2.59. The van der Waals surface area contributed by atoms with Crippen LogP contribution in [0.2, 0.25) is 0 Å². The fraction of sp³-hybridized carbons (Fsp3) is 0.308. The van der Waals surface area contributed by atoms with E-state index in [4.69, 9.17) is 22.1 Å². The maximum Gasteiger partial charge on any atom is 0.742 e. The van der Waals surface area contributed by atoms with E-state index in [0.717, 1.165) is 20.8 Å². The quantitative estimate of drug-likeness (QED) is 0.695. The van der Waals surface area contributed by atoms with E-state index in [1.54, 1.807) is 12.1 Å². The Bertz CT molecular complexity index is 604. The predicted molar refractivity (Wildman–Crippen MR) is 78.3 cm³/mol. The van der Waals surface area contributed by atoms with E-state index in [0.29, 0.717) is 11.3 Å². The summed E-state index contributed by atoms with van der Waals surface area (Å²) < 4.78 is 26.0. The minimum absolute atomic E-state index is 0.104. The van der Waals surface area contributed by atoms with Crippen molar-refractivity contribution in [3.8, 4) is 5.75 Å². The van der Waals surface area contributed by atoms with Crippen LogP contribution >= 0.6 is 0 Å². The van der Waals surface area contributed by atoms with Crippen molar-refractivity contribution in [2.45, 2.75) is 27.4 Å². The van der Waals surface area contributed by atoms with E-state index in [1.807, 2.05) is 0 Å². The van der Waals surface area contributed by atoms with Gasteiger partial charge in [-0.05, 0) is 18.2 Å². The third-order valence-electron chi connectivity index (χ3n) is 2.69. The Kier molecular flexibility index (Phi) is 5.18. The Balaban J connectivity index is 2.51. The molecule has 1 aliphatic rings. The summed E-state index contributed by atoms with van der Waals surface area (Å²) in [7, 11) is -4.18. The summed E-state index contributed by atoms with van der Waals surface area (Å²) >= 11 is 0. The van der Waals surface area contributed by atoms with E-state index in [2.05, 4.69) is 0 Å². The Morgan fingerprint density at radius 1 is 1.04 bits per heavy atom. The Hall–Kier alpha value is -2.18. The van der Waals surface area contributed by atoms with Gasteiger partial charge >= 0.3 is 18.8 Å². The van der Waals surface area contributed by atoms with Gasteiger partial charge in [-0.2, -0.15) is 0 Å². The highest BCUT2D eigenvalue weighted by atomic mass is 28.4. The number of benzene rings is 1. The summed E-state index contributed by atoms with van der Waals surface area (Å²) in [5.74, 6) is -1.59. The first-order chi connectivity index (χ1) is 10.8. The fourth-order valence-electron chi connectivity index (χ4n) is 1.97. The van der Waals surface area contributed by atoms with Gasteiger partial charge in [0.05, 0.1) is 11.8 Å². The fourth-order valence-corrected chi connectivity index (χ4v) is 4.79. The highest BCUT2D eigenvalue weighted by molar-refractivity contribution is 6.79. The maximum atomic E-state index is 11.5. The van der Waals surface area contributed by atoms with E-state index >= 15 is 0 Å². The summed E-state index contributed by atoms with van der Waals surface area (Å²) in [6.45, 7) is 3.70. The van der Waals surface area contributed by atoms with Crippen molar-refractivity contribution in [1.29, 1.82) is 0 Å². The third-order valence-corrected chi connectivity index (χ3v) is 5.94. The molecule has 0 N–H and O–H groups in total. The van der Waals surface area contributed by atoms with Crippen LogP contribution in [0.4, 0.5) is 0 Å². The second-order valence-electron chi connectivity index (χ2n) is 4.63. The maximum absolute atomic E-state index is 11.5. The highest BCUT2D eigenvalue weighted by Gasteiger charge is 2.55. The normalized spacial score (nSPS) is 13.3. The summed E-state index contributed by atoms with van der Waals surface area (Å²) in [4.78, 5) is 34.4. The molecule has 2 rings (SSSR count). The summed E-state index contributed by atoms with van der Waals surface area (Å²) in [6.07, 6.45) is 0. The molecule has 0 atom stereocenters. The molecule has 1 aliphatic heterocycles. The van der Waals surface area contributed by atoms with Gasteiger partial charge < -0.3 is 22.1 Å². The van der Waals surface area contributed by atoms with Crippen molar-refractivity contribution < 1.29 is 36.5 Å². The molecule has 0 spiro atoms. The van der Waals surface area contributed by atoms with Crippen molar-refractivity contribution in [2.24, 2.45) is 0 Å². The van der Waals surface area contributed by atoms with E-state index in [-0.39, 0.29) is 21.8 Å². The van der Waals surface area contributed by atoms with Crippen molar-refractivity contribution >= 4 is 41.9 Å². The number of rotatable bonds is 4. The molecular weight excluding hydrogens is 340 g/mol.